The first-order chi connectivity index (χ1) is 13.6. The molecule has 28 heavy (non-hydrogen) atoms. The van der Waals surface area contributed by atoms with Gasteiger partial charge in [0.05, 0.1) is 13.2 Å². The number of hydrogen-bond donors (Lipinski definition) is 1. The van der Waals surface area contributed by atoms with Crippen LogP contribution in [0.5, 0.6) is 0 Å². The summed E-state index contributed by atoms with van der Waals surface area (Å²) in [6.07, 6.45) is 0. The molecule has 142 valence electrons. The molecule has 7 nitrogen and oxygen atoms in total. The fraction of sp³-hybridized carbons (Fsp3) is 0.263. The molecular weight excluding hydrogens is 381 g/mol. The largest absolute Gasteiger partial charge is 0.378 e. The van der Waals surface area contributed by atoms with Crippen LogP contribution in [0.3, 0.4) is 0 Å². The first kappa shape index (κ1) is 18.5. The third-order valence-electron chi connectivity index (χ3n) is 4.84. The van der Waals surface area contributed by atoms with Crippen molar-refractivity contribution in [3.05, 3.63) is 75.9 Å². The van der Waals surface area contributed by atoms with Gasteiger partial charge in [-0.05, 0) is 41.4 Å². The van der Waals surface area contributed by atoms with Crippen molar-refractivity contribution in [2.24, 2.45) is 16.0 Å². The molecule has 0 saturated carbocycles. The minimum atomic E-state index is -0.827. The van der Waals surface area contributed by atoms with Gasteiger partial charge in [0.15, 0.2) is 5.17 Å². The summed E-state index contributed by atoms with van der Waals surface area (Å²) in [5, 5.41) is 6.82. The van der Waals surface area contributed by atoms with Crippen LogP contribution in [0.2, 0.25) is 0 Å². The third-order valence-corrected chi connectivity index (χ3v) is 5.87. The molecule has 2 aromatic rings. The summed E-state index contributed by atoms with van der Waals surface area (Å²) >= 11 is 1.44. The maximum atomic E-state index is 14.1. The molecule has 9 heteroatoms. The number of carbonyl (C=O) groups is 1. The lowest BCUT2D eigenvalue weighted by molar-refractivity contribution is 0.0977. The lowest BCUT2D eigenvalue weighted by Gasteiger charge is -2.35. The highest BCUT2D eigenvalue weighted by atomic mass is 32.2. The van der Waals surface area contributed by atoms with Crippen LogP contribution in [0.25, 0.3) is 10.4 Å². The molecule has 2 heterocycles. The summed E-state index contributed by atoms with van der Waals surface area (Å²) in [4.78, 5) is 20.0. The zero-order valence-electron chi connectivity index (χ0n) is 14.7. The van der Waals surface area contributed by atoms with E-state index in [-0.39, 0.29) is 24.1 Å². The summed E-state index contributed by atoms with van der Waals surface area (Å²) in [5.41, 5.74) is 9.14. The molecule has 4 rings (SSSR count). The number of halogens is 1. The molecule has 0 spiro atoms. The van der Waals surface area contributed by atoms with Crippen LogP contribution in [0.1, 0.15) is 15.9 Å². The molecule has 1 N–H and O–H groups in total. The molecule has 1 fully saturated rings. The van der Waals surface area contributed by atoms with Crippen molar-refractivity contribution in [1.29, 1.82) is 0 Å². The smallest absolute Gasteiger partial charge is 0.257 e. The fourth-order valence-corrected chi connectivity index (χ4v) is 4.58. The number of nitrogens with one attached hydrogen (secondary N) is 1. The van der Waals surface area contributed by atoms with Gasteiger partial charge in [-0.2, -0.15) is 0 Å². The van der Waals surface area contributed by atoms with E-state index in [0.717, 1.165) is 0 Å². The van der Waals surface area contributed by atoms with Crippen molar-refractivity contribution in [3.8, 4) is 0 Å². The van der Waals surface area contributed by atoms with Gasteiger partial charge in [-0.1, -0.05) is 35.1 Å². The SMILES string of the molecule is [N-]=[N+]=Nc1cc(F)cc([C@]23COC[C@H]2CSC(NC(=O)c2ccccc2)=N3)c1. The standard InChI is InChI=1S/C19H16FN5O2S/c20-15-6-13(7-16(8-15)24-25-21)19-11-27-9-14(19)10-28-18(23-19)22-17(26)12-4-2-1-3-5-12/h1-8,14H,9-11H2,(H,22,23,26)/t14-,19+/m0/s1. The number of amidine groups is 1. The Kier molecular flexibility index (Phi) is 5.04. The average molecular weight is 397 g/mol. The van der Waals surface area contributed by atoms with E-state index in [4.69, 9.17) is 15.3 Å². The van der Waals surface area contributed by atoms with E-state index >= 15 is 0 Å². The Morgan fingerprint density at radius 1 is 1.36 bits per heavy atom. The molecule has 1 amide bonds. The molecule has 0 aromatic heterocycles. The number of azide groups is 1. The van der Waals surface area contributed by atoms with Gasteiger partial charge >= 0.3 is 0 Å². The number of fused-ring (bicyclic) bond motifs is 1. The van der Waals surface area contributed by atoms with Crippen molar-refractivity contribution >= 4 is 28.5 Å². The van der Waals surface area contributed by atoms with Gasteiger partial charge in [0.2, 0.25) is 0 Å². The van der Waals surface area contributed by atoms with Gasteiger partial charge in [-0.15, -0.1) is 0 Å². The highest BCUT2D eigenvalue weighted by Gasteiger charge is 2.48. The number of ether oxygens (including phenoxy) is 1. The number of benzene rings is 2. The number of hydrogen-bond acceptors (Lipinski definition) is 5. The Morgan fingerprint density at radius 2 is 2.18 bits per heavy atom. The number of thioether (sulfide) groups is 1. The van der Waals surface area contributed by atoms with Gasteiger partial charge in [-0.25, -0.2) is 9.38 Å². The fourth-order valence-electron chi connectivity index (χ4n) is 3.45. The first-order valence-corrected chi connectivity index (χ1v) is 9.62. The second kappa shape index (κ2) is 7.63. The maximum absolute atomic E-state index is 14.1. The molecule has 2 atom stereocenters. The Balaban J connectivity index is 1.70. The first-order valence-electron chi connectivity index (χ1n) is 8.64. The molecular formula is C19H16FN5O2S. The zero-order valence-corrected chi connectivity index (χ0v) is 15.5. The number of amides is 1. The minimum Gasteiger partial charge on any atom is -0.378 e. The number of rotatable bonds is 3. The molecule has 0 radical (unpaired) electrons. The lowest BCUT2D eigenvalue weighted by Crippen LogP contribution is -2.42. The van der Waals surface area contributed by atoms with Crippen LogP contribution in [0, 0.1) is 11.7 Å². The van der Waals surface area contributed by atoms with Crippen molar-refractivity contribution < 1.29 is 13.9 Å². The maximum Gasteiger partial charge on any atom is 0.257 e. The van der Waals surface area contributed by atoms with Crippen molar-refractivity contribution in [1.82, 2.24) is 5.32 Å². The number of aliphatic imine (C=N–C) groups is 1. The average Bonchev–Trinajstić information content (AvgIpc) is 3.13. The van der Waals surface area contributed by atoms with Crippen molar-refractivity contribution in [2.75, 3.05) is 19.0 Å². The van der Waals surface area contributed by atoms with Crippen LogP contribution in [0.15, 0.2) is 58.6 Å². The summed E-state index contributed by atoms with van der Waals surface area (Å²) < 4.78 is 19.8. The number of nitrogens with zero attached hydrogens (tertiary/aromatic N) is 4. The van der Waals surface area contributed by atoms with Gasteiger partial charge in [0, 0.05) is 27.8 Å². The van der Waals surface area contributed by atoms with Gasteiger partial charge < -0.3 is 10.1 Å². The molecule has 2 aliphatic heterocycles. The topological polar surface area (TPSA) is 99.5 Å². The van der Waals surface area contributed by atoms with Crippen LogP contribution in [-0.4, -0.2) is 30.0 Å². The van der Waals surface area contributed by atoms with E-state index in [0.29, 0.717) is 28.7 Å². The minimum absolute atomic E-state index is 0.0237. The Hall–Kier alpha value is -2.87. The van der Waals surface area contributed by atoms with E-state index in [1.807, 2.05) is 6.07 Å². The highest BCUT2D eigenvalue weighted by Crippen LogP contribution is 2.45. The summed E-state index contributed by atoms with van der Waals surface area (Å²) in [5.74, 6) is -0.0754. The second-order valence-electron chi connectivity index (χ2n) is 6.57. The zero-order chi connectivity index (χ0) is 19.6. The van der Waals surface area contributed by atoms with Crippen LogP contribution < -0.4 is 5.32 Å². The van der Waals surface area contributed by atoms with E-state index in [9.17, 15) is 9.18 Å². The van der Waals surface area contributed by atoms with Gasteiger partial charge in [0.25, 0.3) is 5.91 Å². The molecule has 0 unspecified atom stereocenters. The van der Waals surface area contributed by atoms with Gasteiger partial charge in [0.1, 0.15) is 11.4 Å². The second-order valence-corrected chi connectivity index (χ2v) is 7.58. The summed E-state index contributed by atoms with van der Waals surface area (Å²) in [6, 6.07) is 13.0. The Bertz CT molecular complexity index is 993. The highest BCUT2D eigenvalue weighted by molar-refractivity contribution is 8.13. The third kappa shape index (κ3) is 3.47. The molecule has 1 saturated heterocycles. The molecule has 2 aliphatic rings. The monoisotopic (exact) mass is 397 g/mol. The van der Waals surface area contributed by atoms with E-state index < -0.39 is 11.4 Å². The van der Waals surface area contributed by atoms with Crippen LogP contribution >= 0.6 is 11.8 Å². The van der Waals surface area contributed by atoms with Crippen molar-refractivity contribution in [3.63, 3.8) is 0 Å². The quantitative estimate of drug-likeness (QED) is 0.478. The van der Waals surface area contributed by atoms with Gasteiger partial charge in [-0.3, -0.25) is 4.79 Å². The summed E-state index contributed by atoms with van der Waals surface area (Å²) in [6.45, 7) is 0.756. The molecule has 0 bridgehead atoms. The lowest BCUT2D eigenvalue weighted by atomic mass is 9.81. The summed E-state index contributed by atoms with van der Waals surface area (Å²) in [7, 11) is 0. The predicted octanol–water partition coefficient (Wildman–Crippen LogP) is 4.14. The van der Waals surface area contributed by atoms with Crippen molar-refractivity contribution in [2.45, 2.75) is 5.54 Å². The predicted molar refractivity (Wildman–Crippen MR) is 105 cm³/mol. The van der Waals surface area contributed by atoms with E-state index in [1.54, 1.807) is 30.3 Å². The van der Waals surface area contributed by atoms with Crippen LogP contribution in [-0.2, 0) is 10.3 Å². The number of carbonyl (C=O) groups excluding carboxylic acids is 1. The Morgan fingerprint density at radius 3 is 2.96 bits per heavy atom. The van der Waals surface area contributed by atoms with E-state index in [1.165, 1.54) is 23.9 Å². The molecule has 0 aliphatic carbocycles. The normalized spacial score (nSPS) is 23.3. The Labute approximate surface area is 164 Å². The van der Waals surface area contributed by atoms with E-state index in [2.05, 4.69) is 15.3 Å². The van der Waals surface area contributed by atoms with Crippen LogP contribution in [0.4, 0.5) is 10.1 Å². The molecule has 2 aromatic carbocycles.